The lowest BCUT2D eigenvalue weighted by atomic mass is 9.99. The fraction of sp³-hybridized carbons (Fsp3) is 0.455. The van der Waals surface area contributed by atoms with Crippen molar-refractivity contribution in [3.05, 3.63) is 71.4 Å². The van der Waals surface area contributed by atoms with Gasteiger partial charge in [0.15, 0.2) is 17.4 Å². The number of hydrogen-bond donors (Lipinski definition) is 0. The van der Waals surface area contributed by atoms with Crippen molar-refractivity contribution in [2.45, 2.75) is 89.8 Å². The summed E-state index contributed by atoms with van der Waals surface area (Å²) < 4.78 is 46.7. The standard InChI is InChI=1S/C33H38F2N2O4/c1-32(2,3)41-29(38)17-23-16-22(39-33(4,5)40-23)14-15-24-30(20-12-13-20)36-28-19-27(35)26(34)18-25(28)31(24)37(6)21-10-8-7-9-11-21/h7-11,14-15,18-20,22-23H,12-13,16-17H2,1-6H3/b15-14+/t22-,23-/m1/s1. The first-order valence-corrected chi connectivity index (χ1v) is 14.2. The zero-order valence-corrected chi connectivity index (χ0v) is 24.5. The molecular formula is C33H38F2N2O4. The number of esters is 1. The largest absolute Gasteiger partial charge is 0.460 e. The molecule has 2 heterocycles. The quantitative estimate of drug-likeness (QED) is 0.273. The smallest absolute Gasteiger partial charge is 0.308 e. The van der Waals surface area contributed by atoms with E-state index in [0.717, 1.165) is 35.5 Å². The van der Waals surface area contributed by atoms with Crippen LogP contribution in [-0.4, -0.2) is 41.6 Å². The topological polar surface area (TPSA) is 60.9 Å². The number of anilines is 2. The van der Waals surface area contributed by atoms with Crippen molar-refractivity contribution in [2.75, 3.05) is 11.9 Å². The van der Waals surface area contributed by atoms with E-state index < -0.39 is 23.0 Å². The summed E-state index contributed by atoms with van der Waals surface area (Å²) in [6.45, 7) is 9.17. The lowest BCUT2D eigenvalue weighted by molar-refractivity contribution is -0.290. The lowest BCUT2D eigenvalue weighted by Crippen LogP contribution is -2.45. The van der Waals surface area contributed by atoms with Crippen molar-refractivity contribution < 1.29 is 27.8 Å². The minimum Gasteiger partial charge on any atom is -0.460 e. The molecule has 0 amide bonds. The van der Waals surface area contributed by atoms with Gasteiger partial charge in [-0.2, -0.15) is 0 Å². The van der Waals surface area contributed by atoms with Crippen LogP contribution >= 0.6 is 0 Å². The Labute approximate surface area is 240 Å². The molecule has 1 aliphatic carbocycles. The van der Waals surface area contributed by atoms with Gasteiger partial charge in [-0.15, -0.1) is 0 Å². The first-order chi connectivity index (χ1) is 19.3. The Morgan fingerprint density at radius 1 is 1.12 bits per heavy atom. The molecule has 218 valence electrons. The third-order valence-electron chi connectivity index (χ3n) is 7.18. The summed E-state index contributed by atoms with van der Waals surface area (Å²) in [6.07, 6.45) is 5.75. The van der Waals surface area contributed by atoms with Crippen molar-refractivity contribution in [3.8, 4) is 0 Å². The van der Waals surface area contributed by atoms with Gasteiger partial charge in [-0.05, 0) is 65.7 Å². The van der Waals surface area contributed by atoms with Crippen molar-refractivity contribution in [1.29, 1.82) is 0 Å². The molecule has 1 saturated carbocycles. The van der Waals surface area contributed by atoms with E-state index in [1.165, 1.54) is 12.1 Å². The van der Waals surface area contributed by atoms with Crippen LogP contribution < -0.4 is 4.90 Å². The molecule has 0 spiro atoms. The molecule has 1 saturated heterocycles. The molecular weight excluding hydrogens is 526 g/mol. The number of fused-ring (bicyclic) bond motifs is 1. The molecule has 41 heavy (non-hydrogen) atoms. The Kier molecular flexibility index (Phi) is 7.92. The Morgan fingerprint density at radius 2 is 1.80 bits per heavy atom. The Morgan fingerprint density at radius 3 is 2.46 bits per heavy atom. The highest BCUT2D eigenvalue weighted by atomic mass is 19.2. The average molecular weight is 565 g/mol. The molecule has 0 bridgehead atoms. The van der Waals surface area contributed by atoms with Gasteiger partial charge in [-0.25, -0.2) is 8.78 Å². The Hall–Kier alpha value is -3.36. The van der Waals surface area contributed by atoms with Crippen molar-refractivity contribution in [3.63, 3.8) is 0 Å². The predicted molar refractivity (Wildman–Crippen MR) is 156 cm³/mol. The van der Waals surface area contributed by atoms with E-state index in [1.807, 2.05) is 89.1 Å². The van der Waals surface area contributed by atoms with Crippen LogP contribution in [0.25, 0.3) is 17.0 Å². The zero-order valence-electron chi connectivity index (χ0n) is 24.5. The normalized spacial score (nSPS) is 20.9. The fourth-order valence-corrected chi connectivity index (χ4v) is 5.41. The van der Waals surface area contributed by atoms with Crippen LogP contribution in [0.5, 0.6) is 0 Å². The number of nitrogens with zero attached hydrogens (tertiary/aromatic N) is 2. The van der Waals surface area contributed by atoms with E-state index in [9.17, 15) is 13.6 Å². The number of carbonyl (C=O) groups is 1. The molecule has 8 heteroatoms. The zero-order chi connectivity index (χ0) is 29.5. The average Bonchev–Trinajstić information content (AvgIpc) is 3.71. The second-order valence-electron chi connectivity index (χ2n) is 12.4. The maximum Gasteiger partial charge on any atom is 0.308 e. The predicted octanol–water partition coefficient (Wildman–Crippen LogP) is 7.81. The number of carbonyl (C=O) groups excluding carboxylic acids is 1. The van der Waals surface area contributed by atoms with Crippen LogP contribution in [0.1, 0.15) is 77.5 Å². The Bertz CT molecular complexity index is 1460. The van der Waals surface area contributed by atoms with E-state index in [0.29, 0.717) is 17.3 Å². The molecule has 0 radical (unpaired) electrons. The monoisotopic (exact) mass is 564 g/mol. The Balaban J connectivity index is 1.55. The molecule has 0 unspecified atom stereocenters. The highest BCUT2D eigenvalue weighted by molar-refractivity contribution is 5.99. The van der Waals surface area contributed by atoms with Crippen molar-refractivity contribution >= 4 is 34.3 Å². The molecule has 5 rings (SSSR count). The summed E-state index contributed by atoms with van der Waals surface area (Å²) in [4.78, 5) is 19.4. The summed E-state index contributed by atoms with van der Waals surface area (Å²) >= 11 is 0. The second-order valence-corrected chi connectivity index (χ2v) is 12.4. The van der Waals surface area contributed by atoms with Crippen LogP contribution in [0.2, 0.25) is 0 Å². The van der Waals surface area contributed by atoms with Crippen molar-refractivity contribution in [1.82, 2.24) is 4.98 Å². The van der Waals surface area contributed by atoms with Gasteiger partial charge in [0.1, 0.15) is 5.60 Å². The lowest BCUT2D eigenvalue weighted by Gasteiger charge is -2.40. The number of benzene rings is 2. The van der Waals surface area contributed by atoms with Gasteiger partial charge < -0.3 is 19.1 Å². The third kappa shape index (κ3) is 6.93. The maximum absolute atomic E-state index is 14.6. The molecule has 0 N–H and O–H groups in total. The van der Waals surface area contributed by atoms with Gasteiger partial charge in [0.05, 0.1) is 35.5 Å². The number of hydrogen-bond acceptors (Lipinski definition) is 6. The molecule has 2 aromatic carbocycles. The van der Waals surface area contributed by atoms with Gasteiger partial charge in [-0.3, -0.25) is 9.78 Å². The van der Waals surface area contributed by atoms with E-state index in [-0.39, 0.29) is 30.5 Å². The van der Waals surface area contributed by atoms with Crippen LogP contribution in [0.4, 0.5) is 20.2 Å². The summed E-state index contributed by atoms with van der Waals surface area (Å²) in [5.74, 6) is -2.83. The van der Waals surface area contributed by atoms with Crippen LogP contribution in [0.15, 0.2) is 48.5 Å². The molecule has 1 aliphatic heterocycles. The molecule has 6 nitrogen and oxygen atoms in total. The number of halogens is 2. The first-order valence-electron chi connectivity index (χ1n) is 14.2. The van der Waals surface area contributed by atoms with Gasteiger partial charge in [0, 0.05) is 42.1 Å². The van der Waals surface area contributed by atoms with Crippen LogP contribution in [-0.2, 0) is 19.0 Å². The molecule has 1 aromatic heterocycles. The minimum atomic E-state index is -0.921. The van der Waals surface area contributed by atoms with Gasteiger partial charge in [0.25, 0.3) is 0 Å². The molecule has 2 aliphatic rings. The van der Waals surface area contributed by atoms with Gasteiger partial charge >= 0.3 is 5.97 Å². The number of aromatic nitrogens is 1. The summed E-state index contributed by atoms with van der Waals surface area (Å²) in [7, 11) is 1.92. The number of rotatable bonds is 7. The number of pyridine rings is 1. The highest BCUT2D eigenvalue weighted by Gasteiger charge is 2.37. The minimum absolute atomic E-state index is 0.117. The van der Waals surface area contributed by atoms with Gasteiger partial charge in [0.2, 0.25) is 0 Å². The summed E-state index contributed by atoms with van der Waals surface area (Å²) in [5.41, 5.74) is 3.18. The SMILES string of the molecule is CN(c1ccccc1)c1c(/C=C/[C@@H]2C[C@H](CC(=O)OC(C)(C)C)OC(C)(C)O2)c(C2CC2)nc2cc(F)c(F)cc12. The van der Waals surface area contributed by atoms with E-state index in [1.54, 1.807) is 0 Å². The number of ether oxygens (including phenoxy) is 3. The van der Waals surface area contributed by atoms with Crippen LogP contribution in [0.3, 0.4) is 0 Å². The highest BCUT2D eigenvalue weighted by Crippen LogP contribution is 2.46. The molecule has 3 aromatic rings. The van der Waals surface area contributed by atoms with Crippen LogP contribution in [0, 0.1) is 11.6 Å². The van der Waals surface area contributed by atoms with E-state index in [2.05, 4.69) is 0 Å². The van der Waals surface area contributed by atoms with E-state index in [4.69, 9.17) is 19.2 Å². The van der Waals surface area contributed by atoms with Gasteiger partial charge in [-0.1, -0.05) is 30.4 Å². The summed E-state index contributed by atoms with van der Waals surface area (Å²) in [5, 5.41) is 0.523. The fourth-order valence-electron chi connectivity index (χ4n) is 5.41. The third-order valence-corrected chi connectivity index (χ3v) is 7.18. The molecule has 2 fully saturated rings. The van der Waals surface area contributed by atoms with E-state index >= 15 is 0 Å². The number of para-hydroxylation sites is 1. The first kappa shape index (κ1) is 29.1. The maximum atomic E-state index is 14.6. The molecule has 2 atom stereocenters. The second kappa shape index (κ2) is 11.1. The van der Waals surface area contributed by atoms with Crippen molar-refractivity contribution in [2.24, 2.45) is 0 Å². The summed E-state index contributed by atoms with van der Waals surface area (Å²) in [6, 6.07) is 12.2.